The molecule has 3 aliphatic rings. The number of piperidine rings is 1. The lowest BCUT2D eigenvalue weighted by atomic mass is 9.79. The third kappa shape index (κ3) is 6.86. The average Bonchev–Trinajstić information content (AvgIpc) is 3.54. The normalized spacial score (nSPS) is 22.5. The number of aromatic nitrogens is 1. The number of benzene rings is 1. The van der Waals surface area contributed by atoms with Gasteiger partial charge in [0.15, 0.2) is 0 Å². The predicted molar refractivity (Wildman–Crippen MR) is 160 cm³/mol. The summed E-state index contributed by atoms with van der Waals surface area (Å²) in [6.07, 6.45) is 7.15. The number of fused-ring (bicyclic) bond motifs is 1. The molecule has 11 heteroatoms. The Morgan fingerprint density at radius 3 is 2.47 bits per heavy atom. The lowest BCUT2D eigenvalue weighted by molar-refractivity contribution is -0.148. The fraction of sp³-hybridized carbons (Fsp3) is 0.594. The number of likely N-dealkylation sites (tertiary alicyclic amines) is 1. The van der Waals surface area contributed by atoms with E-state index in [-0.39, 0.29) is 24.2 Å². The van der Waals surface area contributed by atoms with E-state index in [0.29, 0.717) is 44.5 Å². The Balaban J connectivity index is 1.29. The Morgan fingerprint density at radius 1 is 1.12 bits per heavy atom. The Bertz CT molecular complexity index is 1360. The van der Waals surface area contributed by atoms with Crippen molar-refractivity contribution in [2.45, 2.75) is 95.2 Å². The first kappa shape index (κ1) is 30.6. The summed E-state index contributed by atoms with van der Waals surface area (Å²) in [5.41, 5.74) is -1.07. The molecule has 2 aromatic rings. The molecule has 3 atom stereocenters. The quantitative estimate of drug-likeness (QED) is 0.300. The van der Waals surface area contributed by atoms with Crippen molar-refractivity contribution >= 4 is 40.5 Å². The molecule has 1 aromatic carbocycles. The minimum atomic E-state index is -1.72. The first-order chi connectivity index (χ1) is 20.5. The van der Waals surface area contributed by atoms with E-state index >= 15 is 0 Å². The second-order valence-corrected chi connectivity index (χ2v) is 13.0. The maximum atomic E-state index is 13.8. The number of amides is 4. The van der Waals surface area contributed by atoms with Gasteiger partial charge >= 0.3 is 5.97 Å². The van der Waals surface area contributed by atoms with Crippen LogP contribution in [0.5, 0.6) is 0 Å². The molecule has 43 heavy (non-hydrogen) atoms. The van der Waals surface area contributed by atoms with Gasteiger partial charge in [-0.25, -0.2) is 4.79 Å². The maximum Gasteiger partial charge on any atom is 0.329 e. The molecule has 1 saturated carbocycles. The first-order valence-electron chi connectivity index (χ1n) is 15.5. The van der Waals surface area contributed by atoms with Crippen LogP contribution in [0.3, 0.4) is 0 Å². The lowest BCUT2D eigenvalue weighted by Crippen LogP contribution is -2.59. The number of hydrogen-bond acceptors (Lipinski definition) is 5. The summed E-state index contributed by atoms with van der Waals surface area (Å²) in [5, 5.41) is 19.9. The van der Waals surface area contributed by atoms with Crippen molar-refractivity contribution in [3.8, 4) is 0 Å². The van der Waals surface area contributed by atoms with Gasteiger partial charge in [0.1, 0.15) is 17.3 Å². The zero-order chi connectivity index (χ0) is 30.8. The van der Waals surface area contributed by atoms with Crippen molar-refractivity contribution in [2.75, 3.05) is 13.1 Å². The number of nitrogens with one attached hydrogen (secondary N) is 4. The molecular formula is C32H43N5O6. The van der Waals surface area contributed by atoms with Crippen molar-refractivity contribution < 1.29 is 29.1 Å². The van der Waals surface area contributed by atoms with Crippen LogP contribution < -0.4 is 16.0 Å². The van der Waals surface area contributed by atoms with E-state index in [1.807, 2.05) is 24.3 Å². The van der Waals surface area contributed by atoms with Gasteiger partial charge in [0.05, 0.1) is 0 Å². The van der Waals surface area contributed by atoms with Crippen molar-refractivity contribution in [1.82, 2.24) is 25.8 Å². The van der Waals surface area contributed by atoms with Crippen LogP contribution in [-0.4, -0.2) is 74.8 Å². The molecule has 5 rings (SSSR count). The van der Waals surface area contributed by atoms with Crippen LogP contribution in [0.25, 0.3) is 10.9 Å². The first-order valence-corrected chi connectivity index (χ1v) is 15.5. The molecule has 0 radical (unpaired) electrons. The van der Waals surface area contributed by atoms with Gasteiger partial charge in [-0.05, 0) is 57.1 Å². The average molecular weight is 594 g/mol. The number of carboxylic acid groups (broad SMARTS) is 1. The minimum absolute atomic E-state index is 0.00343. The van der Waals surface area contributed by atoms with Gasteiger partial charge in [0.2, 0.25) is 17.7 Å². The number of carbonyl (C=O) groups excluding carboxylic acids is 4. The van der Waals surface area contributed by atoms with Crippen molar-refractivity contribution in [1.29, 1.82) is 0 Å². The number of hydrogen-bond donors (Lipinski definition) is 5. The van der Waals surface area contributed by atoms with Crippen molar-refractivity contribution in [2.24, 2.45) is 11.8 Å². The van der Waals surface area contributed by atoms with Crippen LogP contribution in [0.2, 0.25) is 0 Å². The lowest BCUT2D eigenvalue weighted by Gasteiger charge is -2.39. The molecule has 3 fully saturated rings. The Hall–Kier alpha value is -3.89. The van der Waals surface area contributed by atoms with Crippen LogP contribution in [0.4, 0.5) is 0 Å². The number of nitrogens with zero attached hydrogens (tertiary/aromatic N) is 1. The van der Waals surface area contributed by atoms with Crippen LogP contribution in [0.1, 0.15) is 88.5 Å². The van der Waals surface area contributed by atoms with Crippen molar-refractivity contribution in [3.63, 3.8) is 0 Å². The number of H-pyrrole nitrogens is 1. The fourth-order valence-electron chi connectivity index (χ4n) is 7.19. The highest BCUT2D eigenvalue weighted by molar-refractivity contribution is 6.00. The summed E-state index contributed by atoms with van der Waals surface area (Å²) in [6.45, 7) is 4.03. The van der Waals surface area contributed by atoms with Crippen LogP contribution >= 0.6 is 0 Å². The zero-order valence-electron chi connectivity index (χ0n) is 25.0. The third-order valence-electron chi connectivity index (χ3n) is 9.78. The van der Waals surface area contributed by atoms with Gasteiger partial charge in [0, 0.05) is 42.4 Å². The Labute approximate surface area is 251 Å². The standard InChI is InChI=1S/C32H43N5O6/c1-20(38)37-14-12-32(13-15-37)19-23(27(39)36-32)18-31(2,30(42)43)35-29(41)25(16-21-8-4-3-5-9-21)34-28(40)26-17-22-10-6-7-11-24(22)33-26/h6-7,10-11,17,21,23,25,33H,3-5,8-9,12-16,18-19H2,1-2H3,(H,34,40)(H,35,41)(H,36,39)(H,42,43)/t23?,25-,31?/m0/s1. The highest BCUT2D eigenvalue weighted by Crippen LogP contribution is 2.38. The van der Waals surface area contributed by atoms with Crippen LogP contribution in [0.15, 0.2) is 30.3 Å². The molecular weight excluding hydrogens is 550 g/mol. The Kier molecular flexibility index (Phi) is 8.80. The van der Waals surface area contributed by atoms with Crippen LogP contribution in [0, 0.1) is 11.8 Å². The van der Waals surface area contributed by atoms with Gasteiger partial charge in [0.25, 0.3) is 5.91 Å². The number of aliphatic carboxylic acids is 1. The molecule has 232 valence electrons. The largest absolute Gasteiger partial charge is 0.480 e. The smallest absolute Gasteiger partial charge is 0.329 e. The van der Waals surface area contributed by atoms with Gasteiger partial charge in [-0.15, -0.1) is 0 Å². The second kappa shape index (κ2) is 12.4. The molecule has 5 N–H and O–H groups in total. The van der Waals surface area contributed by atoms with Crippen molar-refractivity contribution in [3.05, 3.63) is 36.0 Å². The zero-order valence-corrected chi connectivity index (χ0v) is 25.0. The maximum absolute atomic E-state index is 13.8. The molecule has 0 bridgehead atoms. The van der Waals surface area contributed by atoms with Gasteiger partial charge < -0.3 is 30.9 Å². The number of carboxylic acids is 1. The van der Waals surface area contributed by atoms with Gasteiger partial charge in [-0.2, -0.15) is 0 Å². The minimum Gasteiger partial charge on any atom is -0.480 e. The monoisotopic (exact) mass is 593 g/mol. The molecule has 1 aromatic heterocycles. The summed E-state index contributed by atoms with van der Waals surface area (Å²) in [4.78, 5) is 69.4. The predicted octanol–water partition coefficient (Wildman–Crippen LogP) is 3.10. The van der Waals surface area contributed by atoms with E-state index in [4.69, 9.17) is 0 Å². The second-order valence-electron chi connectivity index (χ2n) is 13.0. The molecule has 2 aliphatic heterocycles. The summed E-state index contributed by atoms with van der Waals surface area (Å²) < 4.78 is 0. The van der Waals surface area contributed by atoms with E-state index in [9.17, 15) is 29.1 Å². The van der Waals surface area contributed by atoms with Gasteiger partial charge in [-0.1, -0.05) is 50.3 Å². The van der Waals surface area contributed by atoms with E-state index in [2.05, 4.69) is 20.9 Å². The highest BCUT2D eigenvalue weighted by atomic mass is 16.4. The van der Waals surface area contributed by atoms with Gasteiger partial charge in [-0.3, -0.25) is 19.2 Å². The SMILES string of the molecule is CC(=O)N1CCC2(CC1)CC(CC(C)(NC(=O)[C@H](CC1CCCCC1)NC(=O)c1cc3ccccc3[nH]1)C(=O)O)C(=O)N2. The summed E-state index contributed by atoms with van der Waals surface area (Å²) in [7, 11) is 0. The number of rotatable bonds is 9. The van der Waals surface area contributed by atoms with E-state index in [1.54, 1.807) is 11.0 Å². The summed E-state index contributed by atoms with van der Waals surface area (Å²) in [6, 6.07) is 8.31. The topological polar surface area (TPSA) is 161 Å². The molecule has 1 spiro atoms. The van der Waals surface area contributed by atoms with Crippen LogP contribution in [-0.2, 0) is 19.2 Å². The van der Waals surface area contributed by atoms with E-state index < -0.39 is 40.8 Å². The molecule has 2 unspecified atom stereocenters. The number of carbonyl (C=O) groups is 5. The fourth-order valence-corrected chi connectivity index (χ4v) is 7.19. The molecule has 4 amide bonds. The molecule has 3 heterocycles. The third-order valence-corrected chi connectivity index (χ3v) is 9.78. The molecule has 2 saturated heterocycles. The molecule has 1 aliphatic carbocycles. The van der Waals surface area contributed by atoms with E-state index in [1.165, 1.54) is 13.8 Å². The number of para-hydroxylation sites is 1. The Morgan fingerprint density at radius 2 is 1.81 bits per heavy atom. The summed E-state index contributed by atoms with van der Waals surface area (Å²) in [5.74, 6) is -2.84. The highest BCUT2D eigenvalue weighted by Gasteiger charge is 2.50. The summed E-state index contributed by atoms with van der Waals surface area (Å²) >= 11 is 0. The molecule has 11 nitrogen and oxygen atoms in total. The van der Waals surface area contributed by atoms with E-state index in [0.717, 1.165) is 43.0 Å². The number of aromatic amines is 1.